The first-order chi connectivity index (χ1) is 9.31. The van der Waals surface area contributed by atoms with Crippen LogP contribution in [0.5, 0.6) is 0 Å². The van der Waals surface area contributed by atoms with Crippen LogP contribution in [0.25, 0.3) is 0 Å². The molecule has 0 spiro atoms. The maximum atomic E-state index is 12.4. The van der Waals surface area contributed by atoms with E-state index in [2.05, 4.69) is 22.8 Å². The Labute approximate surface area is 126 Å². The Hall–Kier alpha value is -1.06. The van der Waals surface area contributed by atoms with Crippen LogP contribution in [-0.2, 0) is 10.2 Å². The summed E-state index contributed by atoms with van der Waals surface area (Å²) in [7, 11) is 0. The van der Waals surface area contributed by atoms with Crippen molar-refractivity contribution < 1.29 is 4.79 Å². The van der Waals surface area contributed by atoms with E-state index < -0.39 is 0 Å². The molecule has 2 aliphatic rings. The highest BCUT2D eigenvalue weighted by Crippen LogP contribution is 2.48. The standard InChI is InChI=1S/C16H22N2O.ClH/c19-15(18-12-8-14-7-4-11-17-14)16(9-10-16)13-5-2-1-3-6-13;/h1-3,5-6,14,17H,4,7-12H2,(H,18,19);1H/t14-;/m1./s1. The molecule has 1 amide bonds. The topological polar surface area (TPSA) is 41.1 Å². The molecule has 20 heavy (non-hydrogen) atoms. The number of hydrogen-bond donors (Lipinski definition) is 2. The van der Waals surface area contributed by atoms with Crippen molar-refractivity contribution in [2.75, 3.05) is 13.1 Å². The van der Waals surface area contributed by atoms with Gasteiger partial charge in [-0.05, 0) is 44.2 Å². The molecule has 0 bridgehead atoms. The fraction of sp³-hybridized carbons (Fsp3) is 0.562. The van der Waals surface area contributed by atoms with E-state index >= 15 is 0 Å². The van der Waals surface area contributed by atoms with Gasteiger partial charge >= 0.3 is 0 Å². The van der Waals surface area contributed by atoms with Crippen molar-refractivity contribution in [1.82, 2.24) is 10.6 Å². The fourth-order valence-corrected chi connectivity index (χ4v) is 3.06. The molecular formula is C16H23ClN2O. The second-order valence-corrected chi connectivity index (χ2v) is 5.79. The van der Waals surface area contributed by atoms with Crippen molar-refractivity contribution >= 4 is 18.3 Å². The lowest BCUT2D eigenvalue weighted by atomic mass is 9.95. The number of halogens is 1. The highest BCUT2D eigenvalue weighted by atomic mass is 35.5. The number of carbonyl (C=O) groups is 1. The summed E-state index contributed by atoms with van der Waals surface area (Å²) in [5.41, 5.74) is 0.955. The van der Waals surface area contributed by atoms with Crippen molar-refractivity contribution in [3.63, 3.8) is 0 Å². The van der Waals surface area contributed by atoms with Crippen LogP contribution >= 0.6 is 12.4 Å². The smallest absolute Gasteiger partial charge is 0.230 e. The number of benzene rings is 1. The summed E-state index contributed by atoms with van der Waals surface area (Å²) in [5.74, 6) is 0.219. The molecule has 1 aliphatic heterocycles. The monoisotopic (exact) mass is 294 g/mol. The Morgan fingerprint density at radius 3 is 2.65 bits per heavy atom. The Kier molecular flexibility index (Phi) is 5.06. The van der Waals surface area contributed by atoms with Crippen molar-refractivity contribution in [2.45, 2.75) is 43.6 Å². The Bertz CT molecular complexity index is 439. The molecule has 110 valence electrons. The van der Waals surface area contributed by atoms with Gasteiger partial charge in [0.15, 0.2) is 0 Å². The first kappa shape index (κ1) is 15.3. The molecule has 1 heterocycles. The average Bonchev–Trinajstić information content (AvgIpc) is 3.11. The van der Waals surface area contributed by atoms with Gasteiger partial charge < -0.3 is 10.6 Å². The molecule has 3 nitrogen and oxygen atoms in total. The molecule has 4 heteroatoms. The van der Waals surface area contributed by atoms with Crippen LogP contribution in [-0.4, -0.2) is 25.0 Å². The molecule has 0 unspecified atom stereocenters. The van der Waals surface area contributed by atoms with Gasteiger partial charge in [0.2, 0.25) is 5.91 Å². The summed E-state index contributed by atoms with van der Waals surface area (Å²) in [6.07, 6.45) is 5.55. The third-order valence-electron chi connectivity index (χ3n) is 4.45. The van der Waals surface area contributed by atoms with Crippen LogP contribution in [0.15, 0.2) is 30.3 Å². The molecule has 0 aromatic heterocycles. The van der Waals surface area contributed by atoms with Gasteiger partial charge in [0, 0.05) is 12.6 Å². The number of amides is 1. The van der Waals surface area contributed by atoms with Gasteiger partial charge in [0.1, 0.15) is 0 Å². The first-order valence-electron chi connectivity index (χ1n) is 7.38. The van der Waals surface area contributed by atoms with E-state index in [1.54, 1.807) is 0 Å². The zero-order chi connectivity index (χ0) is 13.1. The SMILES string of the molecule is Cl.O=C(NCC[C@H]1CCCN1)C1(c2ccccc2)CC1. The van der Waals surface area contributed by atoms with Gasteiger partial charge in [-0.3, -0.25) is 4.79 Å². The lowest BCUT2D eigenvalue weighted by Gasteiger charge is -2.17. The third-order valence-corrected chi connectivity index (χ3v) is 4.45. The highest BCUT2D eigenvalue weighted by molar-refractivity contribution is 5.91. The molecule has 2 fully saturated rings. The number of hydrogen-bond acceptors (Lipinski definition) is 2. The first-order valence-corrected chi connectivity index (χ1v) is 7.38. The van der Waals surface area contributed by atoms with Crippen LogP contribution in [0, 0.1) is 0 Å². The highest BCUT2D eigenvalue weighted by Gasteiger charge is 2.50. The number of carbonyl (C=O) groups excluding carboxylic acids is 1. The van der Waals surface area contributed by atoms with Crippen LogP contribution in [0.2, 0.25) is 0 Å². The lowest BCUT2D eigenvalue weighted by molar-refractivity contribution is -0.123. The summed E-state index contributed by atoms with van der Waals surface area (Å²) >= 11 is 0. The zero-order valence-electron chi connectivity index (χ0n) is 11.7. The lowest BCUT2D eigenvalue weighted by Crippen LogP contribution is -2.37. The van der Waals surface area contributed by atoms with E-state index in [4.69, 9.17) is 0 Å². The molecule has 1 atom stereocenters. The minimum atomic E-state index is -0.218. The fourth-order valence-electron chi connectivity index (χ4n) is 3.06. The minimum absolute atomic E-state index is 0. The predicted octanol–water partition coefficient (Wildman–Crippen LogP) is 2.40. The van der Waals surface area contributed by atoms with E-state index in [0.29, 0.717) is 6.04 Å². The zero-order valence-corrected chi connectivity index (χ0v) is 12.5. The van der Waals surface area contributed by atoms with Crippen molar-refractivity contribution in [3.05, 3.63) is 35.9 Å². The van der Waals surface area contributed by atoms with Gasteiger partial charge in [-0.1, -0.05) is 30.3 Å². The Morgan fingerprint density at radius 2 is 2.05 bits per heavy atom. The van der Waals surface area contributed by atoms with Gasteiger partial charge in [-0.2, -0.15) is 0 Å². The number of rotatable bonds is 5. The van der Waals surface area contributed by atoms with Crippen LogP contribution in [0.1, 0.15) is 37.7 Å². The van der Waals surface area contributed by atoms with E-state index in [1.807, 2.05) is 18.2 Å². The molecule has 1 saturated carbocycles. The summed E-state index contributed by atoms with van der Waals surface area (Å²) in [4.78, 5) is 12.4. The second-order valence-electron chi connectivity index (χ2n) is 5.79. The van der Waals surface area contributed by atoms with E-state index in [0.717, 1.165) is 32.4 Å². The summed E-state index contributed by atoms with van der Waals surface area (Å²) in [6, 6.07) is 10.8. The molecule has 1 aromatic carbocycles. The van der Waals surface area contributed by atoms with Crippen LogP contribution in [0.4, 0.5) is 0 Å². The maximum absolute atomic E-state index is 12.4. The molecule has 0 radical (unpaired) electrons. The van der Waals surface area contributed by atoms with Crippen LogP contribution < -0.4 is 10.6 Å². The summed E-state index contributed by atoms with van der Waals surface area (Å²) < 4.78 is 0. The molecule has 2 N–H and O–H groups in total. The van der Waals surface area contributed by atoms with Gasteiger partial charge in [-0.25, -0.2) is 0 Å². The molecular weight excluding hydrogens is 272 g/mol. The molecule has 1 saturated heterocycles. The average molecular weight is 295 g/mol. The quantitative estimate of drug-likeness (QED) is 0.875. The summed E-state index contributed by atoms with van der Waals surface area (Å²) in [6.45, 7) is 1.93. The van der Waals surface area contributed by atoms with Gasteiger partial charge in [-0.15, -0.1) is 12.4 Å². The van der Waals surface area contributed by atoms with E-state index in [-0.39, 0.29) is 23.7 Å². The van der Waals surface area contributed by atoms with E-state index in [9.17, 15) is 4.79 Å². The largest absolute Gasteiger partial charge is 0.355 e. The van der Waals surface area contributed by atoms with Crippen molar-refractivity contribution in [1.29, 1.82) is 0 Å². The molecule has 1 aromatic rings. The normalized spacial score (nSPS) is 22.9. The molecule has 1 aliphatic carbocycles. The van der Waals surface area contributed by atoms with Crippen molar-refractivity contribution in [2.24, 2.45) is 0 Å². The van der Waals surface area contributed by atoms with Crippen molar-refractivity contribution in [3.8, 4) is 0 Å². The maximum Gasteiger partial charge on any atom is 0.230 e. The predicted molar refractivity (Wildman–Crippen MR) is 83.3 cm³/mol. The Morgan fingerprint density at radius 1 is 1.30 bits per heavy atom. The van der Waals surface area contributed by atoms with Crippen LogP contribution in [0.3, 0.4) is 0 Å². The minimum Gasteiger partial charge on any atom is -0.355 e. The molecule has 3 rings (SSSR count). The third kappa shape index (κ3) is 3.15. The van der Waals surface area contributed by atoms with Gasteiger partial charge in [0.05, 0.1) is 5.41 Å². The summed E-state index contributed by atoms with van der Waals surface area (Å²) in [5, 5.41) is 6.60. The second kappa shape index (κ2) is 6.59. The Balaban J connectivity index is 0.00000147. The van der Waals surface area contributed by atoms with E-state index in [1.165, 1.54) is 18.4 Å². The number of nitrogens with one attached hydrogen (secondary N) is 2. The van der Waals surface area contributed by atoms with Gasteiger partial charge in [0.25, 0.3) is 0 Å².